The highest BCUT2D eigenvalue weighted by Gasteiger charge is 2.76. The molecule has 11 nitrogen and oxygen atoms in total. The van der Waals surface area contributed by atoms with Crippen LogP contribution in [0.15, 0.2) is 11.1 Å². The molecule has 2 N–H and O–H groups in total. The van der Waals surface area contributed by atoms with Crippen molar-refractivity contribution in [2.45, 2.75) is 90.3 Å². The average molecular weight is 509 g/mol. The Hall–Kier alpha value is -2.79. The van der Waals surface area contributed by atoms with Crippen LogP contribution in [0, 0.1) is 16.7 Å². The number of ether oxygens (including phenoxy) is 4. The van der Waals surface area contributed by atoms with E-state index in [9.17, 15) is 34.2 Å². The molecule has 2 unspecified atom stereocenters. The molecule has 11 heteroatoms. The molecule has 7 atom stereocenters. The molecule has 1 heterocycles. The Kier molecular flexibility index (Phi) is 5.92. The van der Waals surface area contributed by atoms with Crippen LogP contribution < -0.4 is 0 Å². The molecule has 0 radical (unpaired) electrons. The molecule has 1 spiro atoms. The Balaban J connectivity index is 2.07. The van der Waals surface area contributed by atoms with E-state index in [1.165, 1.54) is 13.8 Å². The highest BCUT2D eigenvalue weighted by molar-refractivity contribution is 6.03. The second-order valence-electron chi connectivity index (χ2n) is 11.1. The third-order valence-corrected chi connectivity index (χ3v) is 8.82. The molecule has 3 aliphatic carbocycles. The van der Waals surface area contributed by atoms with Gasteiger partial charge in [-0.25, -0.2) is 4.79 Å². The van der Waals surface area contributed by atoms with Crippen molar-refractivity contribution in [1.82, 2.24) is 0 Å². The van der Waals surface area contributed by atoms with Gasteiger partial charge in [0, 0.05) is 30.6 Å². The molecule has 0 aromatic rings. The Morgan fingerprint density at radius 2 is 1.75 bits per heavy atom. The lowest BCUT2D eigenvalue weighted by Crippen LogP contribution is -2.74. The summed E-state index contributed by atoms with van der Waals surface area (Å²) in [7, 11) is 0. The van der Waals surface area contributed by atoms with Crippen LogP contribution in [0.1, 0.15) is 60.8 Å². The molecular formula is C25H32O11. The lowest BCUT2D eigenvalue weighted by Gasteiger charge is -2.60. The summed E-state index contributed by atoms with van der Waals surface area (Å²) >= 11 is 0. The molecule has 198 valence electrons. The van der Waals surface area contributed by atoms with Crippen molar-refractivity contribution in [1.29, 1.82) is 0 Å². The van der Waals surface area contributed by atoms with Gasteiger partial charge in [0.2, 0.25) is 0 Å². The number of ketones is 2. The predicted octanol–water partition coefficient (Wildman–Crippen LogP) is 1.16. The molecule has 0 amide bonds. The molecule has 0 aromatic carbocycles. The van der Waals surface area contributed by atoms with E-state index in [1.54, 1.807) is 13.8 Å². The molecule has 4 rings (SSSR count). The molecule has 2 bridgehead atoms. The van der Waals surface area contributed by atoms with Crippen molar-refractivity contribution >= 4 is 29.7 Å². The standard InChI is InChI=1S/C25H32O11/c1-11-14(28)9-25-20(35-21(31)36-25)18-23(6,8-7-15(29)24(18,32)10-33-12(2)26)19(30)17(34-13(3)27)16(11)22(25,4)5/h15,17-18,20,29,32H,7-10H2,1-6H3/t15-,17+,18?,20-,23+,24?,25+/m0/s1. The van der Waals surface area contributed by atoms with E-state index < -0.39 is 82.5 Å². The van der Waals surface area contributed by atoms with E-state index in [-0.39, 0.29) is 30.4 Å². The molecule has 3 fully saturated rings. The van der Waals surface area contributed by atoms with E-state index in [0.29, 0.717) is 0 Å². The molecule has 36 heavy (non-hydrogen) atoms. The van der Waals surface area contributed by atoms with E-state index >= 15 is 0 Å². The molecule has 4 aliphatic rings. The zero-order valence-corrected chi connectivity index (χ0v) is 21.2. The van der Waals surface area contributed by atoms with E-state index in [2.05, 4.69) is 0 Å². The number of rotatable bonds is 3. The minimum atomic E-state index is -2.26. The lowest BCUT2D eigenvalue weighted by atomic mass is 9.46. The van der Waals surface area contributed by atoms with Crippen LogP contribution in [0.3, 0.4) is 0 Å². The number of aliphatic hydroxyl groups excluding tert-OH is 1. The number of hydrogen-bond donors (Lipinski definition) is 2. The summed E-state index contributed by atoms with van der Waals surface area (Å²) in [4.78, 5) is 64.2. The number of hydrogen-bond acceptors (Lipinski definition) is 11. The van der Waals surface area contributed by atoms with Gasteiger partial charge in [-0.15, -0.1) is 0 Å². The van der Waals surface area contributed by atoms with Gasteiger partial charge in [-0.05, 0) is 30.9 Å². The fourth-order valence-electron chi connectivity index (χ4n) is 6.94. The number of fused-ring (bicyclic) bond motifs is 3. The molecule has 2 saturated carbocycles. The van der Waals surface area contributed by atoms with Crippen LogP contribution in [0.5, 0.6) is 0 Å². The summed E-state index contributed by atoms with van der Waals surface area (Å²) in [5, 5.41) is 22.9. The molecular weight excluding hydrogens is 476 g/mol. The summed E-state index contributed by atoms with van der Waals surface area (Å²) < 4.78 is 22.1. The van der Waals surface area contributed by atoms with Gasteiger partial charge in [-0.2, -0.15) is 0 Å². The van der Waals surface area contributed by atoms with Gasteiger partial charge in [-0.3, -0.25) is 19.2 Å². The second-order valence-corrected chi connectivity index (χ2v) is 11.1. The van der Waals surface area contributed by atoms with Gasteiger partial charge in [0.05, 0.1) is 12.5 Å². The van der Waals surface area contributed by atoms with E-state index in [0.717, 1.165) is 13.8 Å². The maximum Gasteiger partial charge on any atom is 0.509 e. The monoisotopic (exact) mass is 508 g/mol. The Bertz CT molecular complexity index is 1090. The number of carbonyl (C=O) groups excluding carboxylic acids is 5. The summed E-state index contributed by atoms with van der Waals surface area (Å²) in [6.45, 7) is 7.95. The number of carbonyl (C=O) groups is 5. The SMILES string of the molecule is CC(=O)OCC1(O)C2[C@@H]3OC(=O)O[C@]34CC(=O)C(C)=C([C@@H](OC(C)=O)C(=O)[C@]2(C)CC[C@@H]1O)C4(C)C. The summed E-state index contributed by atoms with van der Waals surface area (Å²) in [5.74, 6) is -3.94. The largest absolute Gasteiger partial charge is 0.509 e. The quantitative estimate of drug-likeness (QED) is 0.415. The van der Waals surface area contributed by atoms with E-state index in [4.69, 9.17) is 18.9 Å². The Morgan fingerprint density at radius 3 is 2.33 bits per heavy atom. The minimum absolute atomic E-state index is 0.0304. The minimum Gasteiger partial charge on any atom is -0.463 e. The molecule has 1 aliphatic heterocycles. The normalized spacial score (nSPS) is 41.3. The topological polar surface area (TPSA) is 163 Å². The first-order valence-corrected chi connectivity index (χ1v) is 11.9. The Morgan fingerprint density at radius 1 is 1.11 bits per heavy atom. The number of aliphatic hydroxyl groups is 2. The predicted molar refractivity (Wildman–Crippen MR) is 119 cm³/mol. The maximum atomic E-state index is 14.3. The third-order valence-electron chi connectivity index (χ3n) is 8.82. The van der Waals surface area contributed by atoms with E-state index in [1.807, 2.05) is 0 Å². The highest BCUT2D eigenvalue weighted by Crippen LogP contribution is 2.63. The fraction of sp³-hybridized carbons (Fsp3) is 0.720. The molecule has 0 aromatic heterocycles. The first-order valence-electron chi connectivity index (χ1n) is 11.9. The number of esters is 2. The third kappa shape index (κ3) is 3.35. The van der Waals surface area contributed by atoms with Crippen molar-refractivity contribution in [3.63, 3.8) is 0 Å². The lowest BCUT2D eigenvalue weighted by molar-refractivity contribution is -0.244. The van der Waals surface area contributed by atoms with Gasteiger partial charge < -0.3 is 29.2 Å². The van der Waals surface area contributed by atoms with Crippen LogP contribution in [0.4, 0.5) is 4.79 Å². The van der Waals surface area contributed by atoms with Gasteiger partial charge in [-0.1, -0.05) is 20.8 Å². The van der Waals surface area contributed by atoms with Crippen LogP contribution in [-0.2, 0) is 38.1 Å². The summed E-state index contributed by atoms with van der Waals surface area (Å²) in [5.41, 5.74) is -6.35. The fourth-order valence-corrected chi connectivity index (χ4v) is 6.94. The van der Waals surface area contributed by atoms with Gasteiger partial charge >= 0.3 is 18.1 Å². The number of allylic oxidation sites excluding steroid dienone is 1. The first kappa shape index (κ1) is 26.3. The van der Waals surface area contributed by atoms with Crippen LogP contribution in [0.2, 0.25) is 0 Å². The van der Waals surface area contributed by atoms with Crippen LogP contribution in [0.25, 0.3) is 0 Å². The number of Topliss-reactive ketones (excluding diaryl/α,β-unsaturated/α-hetero) is 2. The van der Waals surface area contributed by atoms with Crippen molar-refractivity contribution in [2.75, 3.05) is 6.61 Å². The van der Waals surface area contributed by atoms with Crippen LogP contribution >= 0.6 is 0 Å². The van der Waals surface area contributed by atoms with Crippen molar-refractivity contribution in [2.24, 2.45) is 16.7 Å². The van der Waals surface area contributed by atoms with Gasteiger partial charge in [0.1, 0.15) is 12.2 Å². The first-order chi connectivity index (χ1) is 16.5. The maximum absolute atomic E-state index is 14.3. The highest BCUT2D eigenvalue weighted by atomic mass is 16.8. The van der Waals surface area contributed by atoms with Gasteiger partial charge in [0.25, 0.3) is 0 Å². The van der Waals surface area contributed by atoms with Gasteiger partial charge in [0.15, 0.2) is 29.4 Å². The van der Waals surface area contributed by atoms with Crippen LogP contribution in [-0.4, -0.2) is 76.0 Å². The van der Waals surface area contributed by atoms with Crippen molar-refractivity contribution < 1.29 is 53.1 Å². The zero-order valence-electron chi connectivity index (χ0n) is 21.2. The summed E-state index contributed by atoms with van der Waals surface area (Å²) in [6, 6.07) is 0. The average Bonchev–Trinajstić information content (AvgIpc) is 3.08. The van der Waals surface area contributed by atoms with Crippen molar-refractivity contribution in [3.8, 4) is 0 Å². The second kappa shape index (κ2) is 8.11. The smallest absolute Gasteiger partial charge is 0.463 e. The van der Waals surface area contributed by atoms with Crippen molar-refractivity contribution in [3.05, 3.63) is 11.1 Å². The Labute approximate surface area is 208 Å². The molecule has 1 saturated heterocycles. The zero-order chi connectivity index (χ0) is 27.0. The summed E-state index contributed by atoms with van der Waals surface area (Å²) in [6.07, 6.45) is -5.81.